The van der Waals surface area contributed by atoms with E-state index in [1.54, 1.807) is 12.4 Å². The van der Waals surface area contributed by atoms with Crippen LogP contribution < -0.4 is 20.3 Å². The molecule has 2 N–H and O–H groups in total. The first-order chi connectivity index (χ1) is 16.0. The van der Waals surface area contributed by atoms with Gasteiger partial charge < -0.3 is 24.7 Å². The van der Waals surface area contributed by atoms with Gasteiger partial charge in [-0.3, -0.25) is 4.79 Å². The van der Waals surface area contributed by atoms with Gasteiger partial charge in [-0.15, -0.1) is 0 Å². The van der Waals surface area contributed by atoms with Crippen LogP contribution >= 0.6 is 0 Å². The van der Waals surface area contributed by atoms with Gasteiger partial charge in [0.2, 0.25) is 11.8 Å². The molecule has 2 fully saturated rings. The van der Waals surface area contributed by atoms with Gasteiger partial charge in [0.1, 0.15) is 11.4 Å². The first-order valence-corrected chi connectivity index (χ1v) is 11.6. The maximum atomic E-state index is 13.1. The molecule has 3 aromatic heterocycles. The maximum absolute atomic E-state index is 13.1. The molecule has 0 atom stereocenters. The Labute approximate surface area is 192 Å². The fourth-order valence-electron chi connectivity index (χ4n) is 4.90. The molecule has 5 rings (SSSR count). The lowest BCUT2D eigenvalue weighted by atomic mass is 9.78. The fraction of sp³-hybridized carbons (Fsp3) is 0.522. The van der Waals surface area contributed by atoms with Gasteiger partial charge in [0.25, 0.3) is 5.91 Å². The molecule has 2 saturated heterocycles. The number of piperidine rings is 1. The number of imidazole rings is 1. The Morgan fingerprint density at radius 2 is 2.00 bits per heavy atom. The Morgan fingerprint density at radius 1 is 1.18 bits per heavy atom. The number of amides is 1. The fourth-order valence-corrected chi connectivity index (χ4v) is 4.90. The highest BCUT2D eigenvalue weighted by Gasteiger charge is 2.40. The molecule has 0 bridgehead atoms. The molecule has 2 aliphatic rings. The third-order valence-corrected chi connectivity index (χ3v) is 6.62. The molecule has 2 aliphatic heterocycles. The van der Waals surface area contributed by atoms with Gasteiger partial charge in [0.05, 0.1) is 24.2 Å². The van der Waals surface area contributed by atoms with E-state index in [-0.39, 0.29) is 11.5 Å². The summed E-state index contributed by atoms with van der Waals surface area (Å²) in [6, 6.07) is 0. The van der Waals surface area contributed by atoms with E-state index in [4.69, 9.17) is 4.74 Å². The lowest BCUT2D eigenvalue weighted by Gasteiger charge is -2.33. The zero-order chi connectivity index (χ0) is 23.0. The van der Waals surface area contributed by atoms with Crippen molar-refractivity contribution in [3.8, 4) is 5.88 Å². The lowest BCUT2D eigenvalue weighted by molar-refractivity contribution is 0.102. The average Bonchev–Trinajstić information content (AvgIpc) is 3.38. The standard InChI is InChI=1S/C23H30N8O2/c1-4-33-21-17(20(32)28-18-13-31-12-15(2)26-19(31)16(3)27-18)11-25-22(29-21)30-10-7-23(14-30)5-8-24-9-6-23/h11-13,24H,4-10,14H2,1-3H3,(H,28,32). The molecule has 0 aliphatic carbocycles. The molecule has 1 spiro atoms. The van der Waals surface area contributed by atoms with E-state index in [0.29, 0.717) is 29.7 Å². The second-order valence-corrected chi connectivity index (χ2v) is 9.02. The normalized spacial score (nSPS) is 17.6. The van der Waals surface area contributed by atoms with Crippen LogP contribution in [-0.4, -0.2) is 63.0 Å². The number of carbonyl (C=O) groups excluding carboxylic acids is 1. The third kappa shape index (κ3) is 4.22. The van der Waals surface area contributed by atoms with Crippen molar-refractivity contribution >= 4 is 23.3 Å². The monoisotopic (exact) mass is 450 g/mol. The first kappa shape index (κ1) is 21.6. The number of rotatable bonds is 5. The molecule has 0 saturated carbocycles. The highest BCUT2D eigenvalue weighted by Crippen LogP contribution is 2.39. The van der Waals surface area contributed by atoms with Crippen molar-refractivity contribution in [1.82, 2.24) is 29.7 Å². The van der Waals surface area contributed by atoms with Crippen LogP contribution in [0.3, 0.4) is 0 Å². The van der Waals surface area contributed by atoms with Crippen LogP contribution in [0.2, 0.25) is 0 Å². The van der Waals surface area contributed by atoms with Gasteiger partial charge in [0.15, 0.2) is 5.65 Å². The van der Waals surface area contributed by atoms with Crippen LogP contribution in [0.4, 0.5) is 11.8 Å². The molecular formula is C23H30N8O2. The summed E-state index contributed by atoms with van der Waals surface area (Å²) in [4.78, 5) is 33.4. The number of anilines is 2. The van der Waals surface area contributed by atoms with E-state index in [1.165, 1.54) is 12.8 Å². The van der Waals surface area contributed by atoms with Gasteiger partial charge in [0, 0.05) is 25.5 Å². The number of carbonyl (C=O) groups is 1. The summed E-state index contributed by atoms with van der Waals surface area (Å²) in [6.45, 7) is 10.1. The summed E-state index contributed by atoms with van der Waals surface area (Å²) in [5, 5.41) is 6.30. The zero-order valence-electron chi connectivity index (χ0n) is 19.4. The molecule has 10 heteroatoms. The van der Waals surface area contributed by atoms with Crippen molar-refractivity contribution in [3.05, 3.63) is 35.5 Å². The van der Waals surface area contributed by atoms with E-state index < -0.39 is 0 Å². The summed E-state index contributed by atoms with van der Waals surface area (Å²) in [5.41, 5.74) is 3.02. The van der Waals surface area contributed by atoms with Crippen molar-refractivity contribution in [2.75, 3.05) is 43.0 Å². The molecule has 33 heavy (non-hydrogen) atoms. The van der Waals surface area contributed by atoms with Crippen LogP contribution in [0.15, 0.2) is 18.6 Å². The van der Waals surface area contributed by atoms with Gasteiger partial charge in [-0.05, 0) is 58.5 Å². The Hall–Kier alpha value is -3.27. The molecule has 1 amide bonds. The molecule has 0 radical (unpaired) electrons. The van der Waals surface area contributed by atoms with Crippen molar-refractivity contribution in [3.63, 3.8) is 0 Å². The lowest BCUT2D eigenvalue weighted by Crippen LogP contribution is -2.39. The van der Waals surface area contributed by atoms with Crippen LogP contribution in [0.25, 0.3) is 5.65 Å². The smallest absolute Gasteiger partial charge is 0.263 e. The second kappa shape index (κ2) is 8.58. The van der Waals surface area contributed by atoms with Crippen molar-refractivity contribution in [2.45, 2.75) is 40.0 Å². The summed E-state index contributed by atoms with van der Waals surface area (Å²) < 4.78 is 7.61. The molecule has 3 aromatic rings. The number of nitrogens with one attached hydrogen (secondary N) is 2. The van der Waals surface area contributed by atoms with E-state index in [2.05, 4.69) is 35.5 Å². The first-order valence-electron chi connectivity index (χ1n) is 11.6. The Bertz CT molecular complexity index is 1180. The van der Waals surface area contributed by atoms with Crippen LogP contribution in [0.5, 0.6) is 5.88 Å². The molecule has 174 valence electrons. The minimum absolute atomic E-state index is 0.290. The molecule has 5 heterocycles. The number of nitrogens with zero attached hydrogens (tertiary/aromatic N) is 6. The SMILES string of the molecule is CCOc1nc(N2CCC3(CCNCC3)C2)ncc1C(=O)Nc1cn2cc(C)nc2c(C)n1. The Kier molecular flexibility index (Phi) is 5.61. The molecular weight excluding hydrogens is 420 g/mol. The largest absolute Gasteiger partial charge is 0.477 e. The number of hydrogen-bond donors (Lipinski definition) is 2. The summed E-state index contributed by atoms with van der Waals surface area (Å²) in [7, 11) is 0. The number of ether oxygens (including phenoxy) is 1. The highest BCUT2D eigenvalue weighted by molar-refractivity contribution is 6.05. The molecule has 10 nitrogen and oxygen atoms in total. The van der Waals surface area contributed by atoms with Crippen molar-refractivity contribution in [2.24, 2.45) is 5.41 Å². The van der Waals surface area contributed by atoms with Crippen LogP contribution in [0.1, 0.15) is 47.9 Å². The number of aromatic nitrogens is 5. The number of aryl methyl sites for hydroxylation is 2. The van der Waals surface area contributed by atoms with E-state index in [1.807, 2.05) is 31.4 Å². The Morgan fingerprint density at radius 3 is 2.79 bits per heavy atom. The number of fused-ring (bicyclic) bond motifs is 1. The second-order valence-electron chi connectivity index (χ2n) is 9.02. The van der Waals surface area contributed by atoms with Gasteiger partial charge >= 0.3 is 0 Å². The Balaban J connectivity index is 1.37. The van der Waals surface area contributed by atoms with Gasteiger partial charge in [-0.1, -0.05) is 0 Å². The number of hydrogen-bond acceptors (Lipinski definition) is 8. The van der Waals surface area contributed by atoms with E-state index in [0.717, 1.165) is 49.6 Å². The third-order valence-electron chi connectivity index (χ3n) is 6.62. The van der Waals surface area contributed by atoms with Gasteiger partial charge in [-0.2, -0.15) is 4.98 Å². The van der Waals surface area contributed by atoms with E-state index in [9.17, 15) is 4.79 Å². The van der Waals surface area contributed by atoms with Gasteiger partial charge in [-0.25, -0.2) is 15.0 Å². The summed E-state index contributed by atoms with van der Waals surface area (Å²) >= 11 is 0. The molecule has 0 unspecified atom stereocenters. The minimum atomic E-state index is -0.357. The summed E-state index contributed by atoms with van der Waals surface area (Å²) in [5.74, 6) is 0.989. The average molecular weight is 451 g/mol. The maximum Gasteiger partial charge on any atom is 0.263 e. The highest BCUT2D eigenvalue weighted by atomic mass is 16.5. The van der Waals surface area contributed by atoms with Crippen molar-refractivity contribution < 1.29 is 9.53 Å². The quantitative estimate of drug-likeness (QED) is 0.610. The van der Waals surface area contributed by atoms with Crippen LogP contribution in [-0.2, 0) is 0 Å². The predicted octanol–water partition coefficient (Wildman–Crippen LogP) is 2.37. The molecule has 0 aromatic carbocycles. The van der Waals surface area contributed by atoms with Crippen molar-refractivity contribution in [1.29, 1.82) is 0 Å². The van der Waals surface area contributed by atoms with Crippen LogP contribution in [0, 0.1) is 19.3 Å². The topological polar surface area (TPSA) is 110 Å². The predicted molar refractivity (Wildman–Crippen MR) is 125 cm³/mol. The summed E-state index contributed by atoms with van der Waals surface area (Å²) in [6.07, 6.45) is 8.70. The zero-order valence-corrected chi connectivity index (χ0v) is 19.4. The minimum Gasteiger partial charge on any atom is -0.477 e. The van der Waals surface area contributed by atoms with E-state index >= 15 is 0 Å².